The van der Waals surface area contributed by atoms with E-state index in [1.54, 1.807) is 12.1 Å². The maximum Gasteiger partial charge on any atom is 0.260 e. The lowest BCUT2D eigenvalue weighted by molar-refractivity contribution is -0.897. The monoisotopic (exact) mass is 329 g/mol. The number of hydrogen-bond donors (Lipinski definition) is 1. The van der Waals surface area contributed by atoms with Gasteiger partial charge in [-0.25, -0.2) is 0 Å². The van der Waals surface area contributed by atoms with Gasteiger partial charge in [-0.15, -0.1) is 0 Å². The van der Waals surface area contributed by atoms with Gasteiger partial charge in [-0.05, 0) is 0 Å². The maximum absolute atomic E-state index is 12.8. The van der Waals surface area contributed by atoms with E-state index in [1.807, 2.05) is 24.4 Å². The topological polar surface area (TPSA) is 55.4 Å². The second-order valence-electron chi connectivity index (χ2n) is 6.77. The molecule has 5 heteroatoms. The van der Waals surface area contributed by atoms with Crippen LogP contribution in [0.5, 0.6) is 0 Å². The summed E-state index contributed by atoms with van der Waals surface area (Å²) in [7, 11) is 3.58. The highest BCUT2D eigenvalue weighted by atomic mass is 16.5. The fourth-order valence-corrected chi connectivity index (χ4v) is 3.91. The molecule has 2 heterocycles. The van der Waals surface area contributed by atoms with Crippen molar-refractivity contribution in [3.63, 3.8) is 0 Å². The minimum Gasteiger partial charge on any atom is -0.489 e. The smallest absolute Gasteiger partial charge is 0.260 e. The van der Waals surface area contributed by atoms with Gasteiger partial charge in [0, 0.05) is 31.5 Å². The van der Waals surface area contributed by atoms with Crippen LogP contribution in [0.15, 0.2) is 42.3 Å². The zero-order valence-electron chi connectivity index (χ0n) is 14.3. The Labute approximate surface area is 142 Å². The minimum atomic E-state index is -0.393. The van der Waals surface area contributed by atoms with Gasteiger partial charge < -0.3 is 10.1 Å². The van der Waals surface area contributed by atoms with Crippen LogP contribution >= 0.6 is 0 Å². The number of piperidine rings is 1. The van der Waals surface area contributed by atoms with Gasteiger partial charge in [0.05, 0.1) is 26.6 Å². The van der Waals surface area contributed by atoms with Crippen LogP contribution in [0.3, 0.4) is 0 Å². The highest BCUT2D eigenvalue weighted by Gasteiger charge is 2.51. The molecule has 128 valence electrons. The average molecular weight is 329 g/mol. The highest BCUT2D eigenvalue weighted by Crippen LogP contribution is 2.34. The molecule has 24 heavy (non-hydrogen) atoms. The van der Waals surface area contributed by atoms with E-state index >= 15 is 0 Å². The molecule has 2 atom stereocenters. The summed E-state index contributed by atoms with van der Waals surface area (Å²) >= 11 is 0. The number of methoxy groups -OCH3 is 1. The molecule has 5 nitrogen and oxygen atoms in total. The van der Waals surface area contributed by atoms with Crippen molar-refractivity contribution in [2.75, 3.05) is 27.2 Å². The van der Waals surface area contributed by atoms with Gasteiger partial charge in [0.15, 0.2) is 11.8 Å². The second kappa shape index (κ2) is 6.87. The van der Waals surface area contributed by atoms with Gasteiger partial charge >= 0.3 is 0 Å². The van der Waals surface area contributed by atoms with Crippen LogP contribution in [0.2, 0.25) is 0 Å². The summed E-state index contributed by atoms with van der Waals surface area (Å²) < 4.78 is 5.77. The van der Waals surface area contributed by atoms with E-state index in [0.717, 1.165) is 25.9 Å². The maximum atomic E-state index is 12.8. The summed E-state index contributed by atoms with van der Waals surface area (Å²) in [5.74, 6) is 0.350. The molecule has 0 amide bonds. The molecule has 3 rings (SSSR count). The molecule has 0 aliphatic carbocycles. The van der Waals surface area contributed by atoms with E-state index in [0.29, 0.717) is 21.8 Å². The summed E-state index contributed by atoms with van der Waals surface area (Å²) in [5.41, 5.74) is 0.660. The van der Waals surface area contributed by atoms with Gasteiger partial charge in [0.25, 0.3) is 5.78 Å². The van der Waals surface area contributed by atoms with Gasteiger partial charge in [-0.1, -0.05) is 30.3 Å². The number of nitrogens with zero attached hydrogens (tertiary/aromatic N) is 1. The Hall–Kier alpha value is -1.98. The summed E-state index contributed by atoms with van der Waals surface area (Å²) in [6, 6.07) is 9.14. The molecule has 0 saturated carbocycles. The molecule has 2 aliphatic heterocycles. The van der Waals surface area contributed by atoms with Crippen LogP contribution < -0.4 is 5.32 Å². The standard InChI is InChI=1S/C19H25N2O3/c1-21(15-8-10-20-11-9-15)13-18(24-2)19(23)16(21)12-17(22)14-6-4-3-5-7-14/h3-7,13,15-16,20H,8-12H2,1-2H3/q+1. The van der Waals surface area contributed by atoms with Gasteiger partial charge in [0.1, 0.15) is 6.20 Å². The largest absolute Gasteiger partial charge is 0.489 e. The third-order valence-electron chi connectivity index (χ3n) is 5.40. The first-order valence-corrected chi connectivity index (χ1v) is 8.52. The second-order valence-corrected chi connectivity index (χ2v) is 6.77. The van der Waals surface area contributed by atoms with Crippen molar-refractivity contribution in [3.8, 4) is 0 Å². The molecule has 0 radical (unpaired) electrons. The van der Waals surface area contributed by atoms with E-state index in [1.165, 1.54) is 7.11 Å². The number of ether oxygens (including phenoxy) is 1. The number of Topliss-reactive ketones (excluding diaryl/α,β-unsaturated/α-hetero) is 2. The van der Waals surface area contributed by atoms with Crippen LogP contribution in [-0.4, -0.2) is 55.4 Å². The summed E-state index contributed by atoms with van der Waals surface area (Å²) in [5, 5.41) is 3.36. The van der Waals surface area contributed by atoms with Crippen LogP contribution in [0.4, 0.5) is 0 Å². The zero-order chi connectivity index (χ0) is 17.2. The summed E-state index contributed by atoms with van der Waals surface area (Å²) in [4.78, 5) is 25.5. The molecule has 1 N–H and O–H groups in total. The number of ketones is 2. The molecular formula is C19H25N2O3+. The van der Waals surface area contributed by atoms with Crippen LogP contribution in [0, 0.1) is 0 Å². The lowest BCUT2D eigenvalue weighted by Crippen LogP contribution is -2.58. The Bertz CT molecular complexity index is 650. The van der Waals surface area contributed by atoms with E-state index in [2.05, 4.69) is 12.4 Å². The lowest BCUT2D eigenvalue weighted by Gasteiger charge is -2.41. The highest BCUT2D eigenvalue weighted by molar-refractivity contribution is 6.04. The number of carbonyl (C=O) groups is 2. The van der Waals surface area contributed by atoms with Crippen LogP contribution in [0.1, 0.15) is 29.6 Å². The zero-order valence-corrected chi connectivity index (χ0v) is 14.3. The normalized spacial score (nSPS) is 27.8. The van der Waals surface area contributed by atoms with Crippen molar-refractivity contribution >= 4 is 11.6 Å². The molecule has 0 aromatic heterocycles. The predicted molar refractivity (Wildman–Crippen MR) is 91.4 cm³/mol. The molecular weight excluding hydrogens is 304 g/mol. The van der Waals surface area contributed by atoms with Crippen LogP contribution in [0.25, 0.3) is 0 Å². The number of likely N-dealkylation sites (N-methyl/N-ethyl adjacent to an activating group) is 1. The van der Waals surface area contributed by atoms with Crippen molar-refractivity contribution in [2.24, 2.45) is 0 Å². The van der Waals surface area contributed by atoms with Crippen molar-refractivity contribution in [3.05, 3.63) is 47.9 Å². The fourth-order valence-electron chi connectivity index (χ4n) is 3.91. The van der Waals surface area contributed by atoms with E-state index in [9.17, 15) is 9.59 Å². The number of carbonyl (C=O) groups excluding carboxylic acids is 2. The molecule has 1 aromatic carbocycles. The number of nitrogens with one attached hydrogen (secondary N) is 1. The average Bonchev–Trinajstić information content (AvgIpc) is 2.88. The molecule has 0 bridgehead atoms. The Morgan fingerprint density at radius 1 is 1.25 bits per heavy atom. The van der Waals surface area contributed by atoms with Crippen molar-refractivity contribution in [1.82, 2.24) is 5.32 Å². The Morgan fingerprint density at radius 2 is 1.92 bits per heavy atom. The first-order chi connectivity index (χ1) is 11.6. The number of hydrogen-bond acceptors (Lipinski definition) is 4. The molecule has 2 unspecified atom stereocenters. The number of benzene rings is 1. The van der Waals surface area contributed by atoms with E-state index in [4.69, 9.17) is 4.74 Å². The first kappa shape index (κ1) is 16.9. The quantitative estimate of drug-likeness (QED) is 0.662. The van der Waals surface area contributed by atoms with E-state index < -0.39 is 6.04 Å². The van der Waals surface area contributed by atoms with Crippen molar-refractivity contribution in [2.45, 2.75) is 31.3 Å². The van der Waals surface area contributed by atoms with Gasteiger partial charge in [-0.3, -0.25) is 14.1 Å². The Balaban J connectivity index is 1.86. The molecule has 1 fully saturated rings. The third kappa shape index (κ3) is 3.01. The van der Waals surface area contributed by atoms with Crippen LogP contribution in [-0.2, 0) is 9.53 Å². The van der Waals surface area contributed by atoms with E-state index in [-0.39, 0.29) is 18.0 Å². The molecule has 0 spiro atoms. The van der Waals surface area contributed by atoms with Crippen molar-refractivity contribution in [1.29, 1.82) is 0 Å². The Morgan fingerprint density at radius 3 is 2.54 bits per heavy atom. The van der Waals surface area contributed by atoms with Gasteiger partial charge in [0.2, 0.25) is 5.76 Å². The SMILES string of the molecule is COC1=C[N+](C)(C2CCNCC2)C(CC(=O)c2ccccc2)C1=O. The molecule has 2 aliphatic rings. The fraction of sp³-hybridized carbons (Fsp3) is 0.474. The first-order valence-electron chi connectivity index (χ1n) is 8.52. The molecule has 1 aromatic rings. The van der Waals surface area contributed by atoms with Crippen molar-refractivity contribution < 1.29 is 18.8 Å². The predicted octanol–water partition coefficient (Wildman–Crippen LogP) is 1.90. The minimum absolute atomic E-state index is 0.0120. The third-order valence-corrected chi connectivity index (χ3v) is 5.40. The van der Waals surface area contributed by atoms with Gasteiger partial charge in [-0.2, -0.15) is 0 Å². The number of quaternary nitrogens is 1. The number of rotatable bonds is 5. The summed E-state index contributed by atoms with van der Waals surface area (Å²) in [6.07, 6.45) is 4.12. The summed E-state index contributed by atoms with van der Waals surface area (Å²) in [6.45, 7) is 1.89. The lowest BCUT2D eigenvalue weighted by atomic mass is 9.95. The molecule has 1 saturated heterocycles. The Kier molecular flexibility index (Phi) is 4.83.